The highest BCUT2D eigenvalue weighted by atomic mass is 32.2. The number of piperidine rings is 1. The summed E-state index contributed by atoms with van der Waals surface area (Å²) in [5.41, 5.74) is 0. The molecule has 2 aliphatic heterocycles. The van der Waals surface area contributed by atoms with Crippen LogP contribution in [0, 0.1) is 11.8 Å². The van der Waals surface area contributed by atoms with Gasteiger partial charge >= 0.3 is 0 Å². The lowest BCUT2D eigenvalue weighted by Gasteiger charge is -2.39. The highest BCUT2D eigenvalue weighted by Gasteiger charge is 2.33. The first-order valence-electron chi connectivity index (χ1n) is 10.1. The molecule has 150 valence electrons. The Hall–Kier alpha value is -0.700. The second-order valence-corrected chi connectivity index (χ2v) is 10.1. The Kier molecular flexibility index (Phi) is 6.93. The van der Waals surface area contributed by atoms with Gasteiger partial charge in [0.2, 0.25) is 15.9 Å². The number of ether oxygens (including phenoxy) is 1. The largest absolute Gasteiger partial charge is 0.378 e. The van der Waals surface area contributed by atoms with E-state index in [1.165, 1.54) is 19.3 Å². The highest BCUT2D eigenvalue weighted by molar-refractivity contribution is 7.89. The summed E-state index contributed by atoms with van der Waals surface area (Å²) in [6.07, 6.45) is 5.51. The number of sulfonamides is 1. The van der Waals surface area contributed by atoms with Gasteiger partial charge in [-0.15, -0.1) is 0 Å². The Morgan fingerprint density at radius 2 is 1.85 bits per heavy atom. The zero-order valence-corrected chi connectivity index (χ0v) is 16.7. The third-order valence-electron chi connectivity index (χ3n) is 6.16. The van der Waals surface area contributed by atoms with Gasteiger partial charge in [-0.05, 0) is 44.4 Å². The van der Waals surface area contributed by atoms with Crippen LogP contribution >= 0.6 is 0 Å². The minimum atomic E-state index is -3.09. The van der Waals surface area contributed by atoms with Gasteiger partial charge in [0.25, 0.3) is 0 Å². The van der Waals surface area contributed by atoms with Crippen molar-refractivity contribution < 1.29 is 17.9 Å². The lowest BCUT2D eigenvalue weighted by molar-refractivity contribution is -0.133. The molecule has 8 heteroatoms. The van der Waals surface area contributed by atoms with Crippen LogP contribution in [-0.4, -0.2) is 81.3 Å². The number of carbonyl (C=O) groups excluding carboxylic acids is 1. The highest BCUT2D eigenvalue weighted by Crippen LogP contribution is 2.28. The zero-order chi connectivity index (χ0) is 18.6. The summed E-state index contributed by atoms with van der Waals surface area (Å²) in [6, 6.07) is -0.176. The van der Waals surface area contributed by atoms with E-state index in [-0.39, 0.29) is 17.7 Å². The van der Waals surface area contributed by atoms with Gasteiger partial charge in [-0.25, -0.2) is 12.7 Å². The molecular formula is C18H33N3O4S. The van der Waals surface area contributed by atoms with Crippen molar-refractivity contribution in [3.63, 3.8) is 0 Å². The van der Waals surface area contributed by atoms with E-state index in [1.54, 1.807) is 11.2 Å². The first-order chi connectivity index (χ1) is 12.5. The molecule has 3 fully saturated rings. The summed E-state index contributed by atoms with van der Waals surface area (Å²) in [7, 11) is -3.09. The van der Waals surface area contributed by atoms with Crippen molar-refractivity contribution in [3.8, 4) is 0 Å². The van der Waals surface area contributed by atoms with E-state index in [9.17, 15) is 13.2 Å². The van der Waals surface area contributed by atoms with Crippen LogP contribution in [0.3, 0.4) is 0 Å². The SMILES string of the molecule is CCS(=O)(=O)N1CCC(CNC(=O)C2COCCN2CC2CCC2)CC1. The van der Waals surface area contributed by atoms with Gasteiger partial charge in [0, 0.05) is 32.7 Å². The maximum Gasteiger partial charge on any atom is 0.239 e. The van der Waals surface area contributed by atoms with Crippen LogP contribution in [0.1, 0.15) is 39.0 Å². The van der Waals surface area contributed by atoms with Crippen molar-refractivity contribution in [2.75, 3.05) is 51.7 Å². The second kappa shape index (κ2) is 8.99. The maximum absolute atomic E-state index is 12.7. The molecule has 7 nitrogen and oxygen atoms in total. The summed E-state index contributed by atoms with van der Waals surface area (Å²) in [6.45, 7) is 6.48. The van der Waals surface area contributed by atoms with E-state index >= 15 is 0 Å². The first-order valence-corrected chi connectivity index (χ1v) is 11.7. The van der Waals surface area contributed by atoms with E-state index in [1.807, 2.05) is 0 Å². The molecule has 2 heterocycles. The summed E-state index contributed by atoms with van der Waals surface area (Å²) in [4.78, 5) is 15.0. The molecule has 2 saturated heterocycles. The summed E-state index contributed by atoms with van der Waals surface area (Å²) >= 11 is 0. The van der Waals surface area contributed by atoms with E-state index < -0.39 is 10.0 Å². The van der Waals surface area contributed by atoms with Crippen molar-refractivity contribution in [2.24, 2.45) is 11.8 Å². The number of hydrogen-bond donors (Lipinski definition) is 1. The van der Waals surface area contributed by atoms with Crippen LogP contribution < -0.4 is 5.32 Å². The van der Waals surface area contributed by atoms with E-state index in [2.05, 4.69) is 10.2 Å². The first kappa shape index (κ1) is 20.0. The molecule has 0 spiro atoms. The Labute approximate surface area is 157 Å². The van der Waals surface area contributed by atoms with Crippen LogP contribution in [-0.2, 0) is 19.6 Å². The smallest absolute Gasteiger partial charge is 0.239 e. The maximum atomic E-state index is 12.7. The standard InChI is InChI=1S/C18H33N3O4S/c1-2-26(23,24)21-8-6-15(7-9-21)12-19-18(22)17-14-25-11-10-20(17)13-16-4-3-5-16/h15-17H,2-14H2,1H3,(H,19,22). The van der Waals surface area contributed by atoms with Gasteiger partial charge in [0.1, 0.15) is 6.04 Å². The lowest BCUT2D eigenvalue weighted by Crippen LogP contribution is -2.56. The molecule has 0 radical (unpaired) electrons. The normalized spacial score (nSPS) is 27.2. The quantitative estimate of drug-likeness (QED) is 0.694. The van der Waals surface area contributed by atoms with Gasteiger partial charge in [-0.1, -0.05) is 6.42 Å². The monoisotopic (exact) mass is 387 g/mol. The fourth-order valence-corrected chi connectivity index (χ4v) is 5.17. The zero-order valence-electron chi connectivity index (χ0n) is 15.9. The lowest BCUT2D eigenvalue weighted by atomic mass is 9.84. The molecule has 1 N–H and O–H groups in total. The Bertz CT molecular complexity index is 571. The van der Waals surface area contributed by atoms with Gasteiger partial charge in [0.15, 0.2) is 0 Å². The molecule has 26 heavy (non-hydrogen) atoms. The van der Waals surface area contributed by atoms with Crippen LogP contribution in [0.4, 0.5) is 0 Å². The molecule has 0 aromatic carbocycles. The minimum absolute atomic E-state index is 0.0626. The number of amides is 1. The van der Waals surface area contributed by atoms with Crippen molar-refractivity contribution in [2.45, 2.75) is 45.1 Å². The van der Waals surface area contributed by atoms with Gasteiger partial charge in [-0.2, -0.15) is 0 Å². The fraction of sp³-hybridized carbons (Fsp3) is 0.944. The van der Waals surface area contributed by atoms with Crippen molar-refractivity contribution >= 4 is 15.9 Å². The van der Waals surface area contributed by atoms with Crippen LogP contribution in [0.5, 0.6) is 0 Å². The molecule has 1 amide bonds. The number of morpholine rings is 1. The Balaban J connectivity index is 1.43. The Morgan fingerprint density at radius 1 is 1.12 bits per heavy atom. The summed E-state index contributed by atoms with van der Waals surface area (Å²) < 4.78 is 31.0. The van der Waals surface area contributed by atoms with Crippen molar-refractivity contribution in [1.29, 1.82) is 0 Å². The van der Waals surface area contributed by atoms with E-state index in [0.29, 0.717) is 38.8 Å². The predicted octanol–water partition coefficient (Wildman–Crippen LogP) is 0.665. The molecule has 1 aliphatic carbocycles. The predicted molar refractivity (Wildman–Crippen MR) is 100 cm³/mol. The van der Waals surface area contributed by atoms with Crippen molar-refractivity contribution in [3.05, 3.63) is 0 Å². The number of carbonyl (C=O) groups is 1. The molecule has 0 bridgehead atoms. The van der Waals surface area contributed by atoms with Gasteiger partial charge in [0.05, 0.1) is 19.0 Å². The average molecular weight is 388 g/mol. The van der Waals surface area contributed by atoms with E-state index in [4.69, 9.17) is 4.74 Å². The average Bonchev–Trinajstić information content (AvgIpc) is 2.63. The van der Waals surface area contributed by atoms with Crippen LogP contribution in [0.2, 0.25) is 0 Å². The number of nitrogens with one attached hydrogen (secondary N) is 1. The molecule has 0 aromatic rings. The van der Waals surface area contributed by atoms with Crippen molar-refractivity contribution in [1.82, 2.24) is 14.5 Å². The second-order valence-electron chi connectivity index (χ2n) is 7.87. The third kappa shape index (κ3) is 4.97. The summed E-state index contributed by atoms with van der Waals surface area (Å²) in [5.74, 6) is 1.32. The van der Waals surface area contributed by atoms with Gasteiger partial charge in [-0.3, -0.25) is 9.69 Å². The summed E-state index contributed by atoms with van der Waals surface area (Å²) in [5, 5.41) is 3.10. The fourth-order valence-electron chi connectivity index (χ4n) is 4.04. The molecule has 1 atom stereocenters. The topological polar surface area (TPSA) is 79.0 Å². The molecular weight excluding hydrogens is 354 g/mol. The van der Waals surface area contributed by atoms with Crippen LogP contribution in [0.15, 0.2) is 0 Å². The molecule has 3 aliphatic rings. The molecule has 0 aromatic heterocycles. The third-order valence-corrected chi connectivity index (χ3v) is 8.04. The number of hydrogen-bond acceptors (Lipinski definition) is 5. The molecule has 1 saturated carbocycles. The number of rotatable bonds is 7. The Morgan fingerprint density at radius 3 is 2.46 bits per heavy atom. The van der Waals surface area contributed by atoms with Gasteiger partial charge < -0.3 is 10.1 Å². The molecule has 3 rings (SSSR count). The van der Waals surface area contributed by atoms with E-state index in [0.717, 1.165) is 31.8 Å². The minimum Gasteiger partial charge on any atom is -0.378 e. The van der Waals surface area contributed by atoms with Crippen LogP contribution in [0.25, 0.3) is 0 Å². The number of nitrogens with zero attached hydrogens (tertiary/aromatic N) is 2. The molecule has 1 unspecified atom stereocenters.